The first kappa shape index (κ1) is 25.7. The number of anilines is 1. The van der Waals surface area contributed by atoms with Gasteiger partial charge in [0.05, 0.1) is 26.7 Å². The summed E-state index contributed by atoms with van der Waals surface area (Å²) < 4.78 is 11.1. The Morgan fingerprint density at radius 1 is 1.06 bits per heavy atom. The van der Waals surface area contributed by atoms with Crippen molar-refractivity contribution >= 4 is 11.6 Å². The number of nitrogens with one attached hydrogen (secondary N) is 1. The summed E-state index contributed by atoms with van der Waals surface area (Å²) in [5.41, 5.74) is 2.22. The zero-order chi connectivity index (χ0) is 23.7. The molecule has 2 atom stereocenters. The summed E-state index contributed by atoms with van der Waals surface area (Å²) in [6, 6.07) is 13.2. The summed E-state index contributed by atoms with van der Waals surface area (Å²) in [6.07, 6.45) is 4.16. The quantitative estimate of drug-likeness (QED) is 0.410. The van der Waals surface area contributed by atoms with Crippen LogP contribution in [0.4, 0.5) is 5.69 Å². The molecule has 2 aromatic carbocycles. The predicted octanol–water partition coefficient (Wildman–Crippen LogP) is 6.16. The summed E-state index contributed by atoms with van der Waals surface area (Å²) in [4.78, 5) is 13.7. The van der Waals surface area contributed by atoms with E-state index in [1.165, 1.54) is 0 Å². The van der Waals surface area contributed by atoms with Crippen LogP contribution in [0.15, 0.2) is 42.5 Å². The molecule has 0 heterocycles. The molecule has 176 valence electrons. The molecule has 0 bridgehead atoms. The SMILES string of the molecule is CCCCCC(c1ccc(OC)cc1OC)C(C(=O)Nc1cccc(CO)c1)C(C)(C)C. The lowest BCUT2D eigenvalue weighted by Gasteiger charge is -2.37. The third-order valence-corrected chi connectivity index (χ3v) is 5.95. The fourth-order valence-corrected chi connectivity index (χ4v) is 4.39. The molecular formula is C27H39NO4. The van der Waals surface area contributed by atoms with Crippen molar-refractivity contribution in [3.8, 4) is 11.5 Å². The van der Waals surface area contributed by atoms with Crippen LogP contribution in [0.1, 0.15) is 70.4 Å². The molecule has 0 fully saturated rings. The fraction of sp³-hybridized carbons (Fsp3) is 0.519. The number of carbonyl (C=O) groups excluding carboxylic acids is 1. The summed E-state index contributed by atoms with van der Waals surface area (Å²) in [5.74, 6) is 1.17. The van der Waals surface area contributed by atoms with Gasteiger partial charge in [-0.15, -0.1) is 0 Å². The minimum atomic E-state index is -0.278. The second-order valence-corrected chi connectivity index (χ2v) is 9.40. The van der Waals surface area contributed by atoms with E-state index in [9.17, 15) is 9.90 Å². The number of aliphatic hydroxyl groups excluding tert-OH is 1. The number of carbonyl (C=O) groups is 1. The number of unbranched alkanes of at least 4 members (excludes halogenated alkanes) is 2. The first-order valence-corrected chi connectivity index (χ1v) is 11.5. The Morgan fingerprint density at radius 2 is 1.81 bits per heavy atom. The maximum atomic E-state index is 13.7. The molecule has 5 heteroatoms. The molecular weight excluding hydrogens is 402 g/mol. The topological polar surface area (TPSA) is 67.8 Å². The molecule has 0 spiro atoms. The minimum Gasteiger partial charge on any atom is -0.497 e. The monoisotopic (exact) mass is 441 g/mol. The van der Waals surface area contributed by atoms with Gasteiger partial charge in [-0.1, -0.05) is 65.2 Å². The third-order valence-electron chi connectivity index (χ3n) is 5.95. The van der Waals surface area contributed by atoms with Crippen molar-refractivity contribution in [1.82, 2.24) is 0 Å². The van der Waals surface area contributed by atoms with Crippen molar-refractivity contribution in [3.63, 3.8) is 0 Å². The van der Waals surface area contributed by atoms with E-state index in [0.29, 0.717) is 5.69 Å². The first-order valence-electron chi connectivity index (χ1n) is 11.5. The lowest BCUT2D eigenvalue weighted by Crippen LogP contribution is -2.38. The molecule has 0 aliphatic carbocycles. The van der Waals surface area contributed by atoms with Gasteiger partial charge < -0.3 is 19.9 Å². The van der Waals surface area contributed by atoms with Gasteiger partial charge >= 0.3 is 0 Å². The molecule has 0 saturated heterocycles. The highest BCUT2D eigenvalue weighted by Crippen LogP contribution is 2.45. The molecule has 0 aromatic heterocycles. The highest BCUT2D eigenvalue weighted by Gasteiger charge is 2.39. The Labute approximate surface area is 193 Å². The van der Waals surface area contributed by atoms with Crippen molar-refractivity contribution in [3.05, 3.63) is 53.6 Å². The fourth-order valence-electron chi connectivity index (χ4n) is 4.39. The van der Waals surface area contributed by atoms with E-state index in [4.69, 9.17) is 9.47 Å². The van der Waals surface area contributed by atoms with Crippen LogP contribution in [-0.2, 0) is 11.4 Å². The highest BCUT2D eigenvalue weighted by molar-refractivity contribution is 5.93. The second-order valence-electron chi connectivity index (χ2n) is 9.40. The maximum Gasteiger partial charge on any atom is 0.228 e. The Balaban J connectivity index is 2.48. The maximum absolute atomic E-state index is 13.7. The van der Waals surface area contributed by atoms with Gasteiger partial charge in [0, 0.05) is 11.8 Å². The second kappa shape index (κ2) is 11.9. The van der Waals surface area contributed by atoms with Gasteiger partial charge in [-0.2, -0.15) is 0 Å². The standard InChI is InChI=1S/C27H39NO4/c1-7-8-9-13-23(22-15-14-21(31-5)17-24(22)32-6)25(27(2,3)4)26(30)28-20-12-10-11-19(16-20)18-29/h10-12,14-17,23,25,29H,7-9,13,18H2,1-6H3,(H,28,30). The molecule has 2 unspecified atom stereocenters. The molecule has 0 radical (unpaired) electrons. The molecule has 2 aromatic rings. The lowest BCUT2D eigenvalue weighted by molar-refractivity contribution is -0.124. The van der Waals surface area contributed by atoms with Gasteiger partial charge in [0.25, 0.3) is 0 Å². The molecule has 0 aliphatic heterocycles. The van der Waals surface area contributed by atoms with Crippen molar-refractivity contribution in [2.75, 3.05) is 19.5 Å². The van der Waals surface area contributed by atoms with Crippen molar-refractivity contribution in [2.24, 2.45) is 11.3 Å². The first-order chi connectivity index (χ1) is 15.2. The van der Waals surface area contributed by atoms with Gasteiger partial charge in [0.1, 0.15) is 11.5 Å². The Bertz CT molecular complexity index is 872. The Hall–Kier alpha value is -2.53. The van der Waals surface area contributed by atoms with Crippen LogP contribution in [0.25, 0.3) is 0 Å². The largest absolute Gasteiger partial charge is 0.497 e. The zero-order valence-corrected chi connectivity index (χ0v) is 20.4. The number of rotatable bonds is 11. The van der Waals surface area contributed by atoms with Crippen molar-refractivity contribution < 1.29 is 19.4 Å². The predicted molar refractivity (Wildman–Crippen MR) is 130 cm³/mol. The van der Waals surface area contributed by atoms with Crippen molar-refractivity contribution in [1.29, 1.82) is 0 Å². The van der Waals surface area contributed by atoms with E-state index < -0.39 is 0 Å². The highest BCUT2D eigenvalue weighted by atomic mass is 16.5. The van der Waals surface area contributed by atoms with Gasteiger partial charge in [0.2, 0.25) is 5.91 Å². The van der Waals surface area contributed by atoms with E-state index in [0.717, 1.165) is 48.3 Å². The van der Waals surface area contributed by atoms with Crippen LogP contribution in [0.5, 0.6) is 11.5 Å². The van der Waals surface area contributed by atoms with E-state index >= 15 is 0 Å². The Kier molecular flexibility index (Phi) is 9.58. The van der Waals surface area contributed by atoms with E-state index in [2.05, 4.69) is 33.0 Å². The van der Waals surface area contributed by atoms with Crippen LogP contribution in [0.2, 0.25) is 0 Å². The molecule has 2 rings (SSSR count). The van der Waals surface area contributed by atoms with Crippen LogP contribution in [-0.4, -0.2) is 25.2 Å². The number of aliphatic hydroxyl groups is 1. The van der Waals surface area contributed by atoms with Crippen LogP contribution in [0, 0.1) is 11.3 Å². The summed E-state index contributed by atoms with van der Waals surface area (Å²) in [7, 11) is 3.30. The molecule has 2 N–H and O–H groups in total. The van der Waals surface area contributed by atoms with E-state index in [1.54, 1.807) is 14.2 Å². The molecule has 32 heavy (non-hydrogen) atoms. The van der Waals surface area contributed by atoms with E-state index in [1.807, 2.05) is 42.5 Å². The van der Waals surface area contributed by atoms with Crippen LogP contribution in [0.3, 0.4) is 0 Å². The Morgan fingerprint density at radius 3 is 2.41 bits per heavy atom. The smallest absolute Gasteiger partial charge is 0.228 e. The molecule has 1 amide bonds. The third kappa shape index (κ3) is 6.73. The zero-order valence-electron chi connectivity index (χ0n) is 20.4. The van der Waals surface area contributed by atoms with Crippen molar-refractivity contribution in [2.45, 2.75) is 65.9 Å². The number of ether oxygens (including phenoxy) is 2. The molecule has 0 saturated carbocycles. The van der Waals surface area contributed by atoms with Crippen LogP contribution < -0.4 is 14.8 Å². The lowest BCUT2D eigenvalue weighted by atomic mass is 9.68. The normalized spacial score (nSPS) is 13.3. The number of amides is 1. The van der Waals surface area contributed by atoms with Crippen LogP contribution >= 0.6 is 0 Å². The molecule has 5 nitrogen and oxygen atoms in total. The van der Waals surface area contributed by atoms with Gasteiger partial charge in [0.15, 0.2) is 0 Å². The van der Waals surface area contributed by atoms with E-state index in [-0.39, 0.29) is 29.8 Å². The number of benzene rings is 2. The average molecular weight is 442 g/mol. The summed E-state index contributed by atoms with van der Waals surface area (Å²) >= 11 is 0. The summed E-state index contributed by atoms with van der Waals surface area (Å²) in [5, 5.41) is 12.6. The number of hydrogen-bond acceptors (Lipinski definition) is 4. The van der Waals surface area contributed by atoms with Gasteiger partial charge in [-0.3, -0.25) is 4.79 Å². The average Bonchev–Trinajstić information content (AvgIpc) is 2.77. The molecule has 0 aliphatic rings. The summed E-state index contributed by atoms with van der Waals surface area (Å²) in [6.45, 7) is 8.47. The van der Waals surface area contributed by atoms with Gasteiger partial charge in [-0.25, -0.2) is 0 Å². The minimum absolute atomic E-state index is 0.0107. The number of methoxy groups -OCH3 is 2. The number of hydrogen-bond donors (Lipinski definition) is 2. The van der Waals surface area contributed by atoms with Gasteiger partial charge in [-0.05, 0) is 47.1 Å².